The average molecular weight is 907 g/mol. The summed E-state index contributed by atoms with van der Waals surface area (Å²) < 4.78 is 22.8. The number of ether oxygens (including phenoxy) is 4. The molecule has 376 valence electrons. The molecule has 0 saturated carbocycles. The van der Waals surface area contributed by atoms with Gasteiger partial charge in [-0.25, -0.2) is 4.79 Å². The van der Waals surface area contributed by atoms with Crippen LogP contribution in [0.25, 0.3) is 0 Å². The number of allylic oxidation sites excluding steroid dienone is 4. The average Bonchev–Trinajstić information content (AvgIpc) is 3.26. The Morgan fingerprint density at radius 2 is 0.844 bits per heavy atom. The van der Waals surface area contributed by atoms with E-state index in [-0.39, 0.29) is 32.2 Å². The maximum Gasteiger partial charge on any atom is 0.361 e. The molecule has 2 atom stereocenters. The van der Waals surface area contributed by atoms with Gasteiger partial charge in [-0.15, -0.1) is 0 Å². The number of aliphatic carboxylic acids is 1. The van der Waals surface area contributed by atoms with Gasteiger partial charge in [0.15, 0.2) is 6.10 Å². The number of nitrogens with zero attached hydrogens (tertiary/aromatic N) is 1. The van der Waals surface area contributed by atoms with E-state index in [9.17, 15) is 19.5 Å². The van der Waals surface area contributed by atoms with E-state index in [1.807, 2.05) is 21.1 Å². The van der Waals surface area contributed by atoms with E-state index in [2.05, 4.69) is 38.2 Å². The Morgan fingerprint density at radius 1 is 0.469 bits per heavy atom. The van der Waals surface area contributed by atoms with Crippen molar-refractivity contribution >= 4 is 17.9 Å². The largest absolute Gasteiger partial charge is 0.477 e. The molecule has 0 rings (SSSR count). The van der Waals surface area contributed by atoms with E-state index in [1.165, 1.54) is 161 Å². The summed E-state index contributed by atoms with van der Waals surface area (Å²) in [6.45, 7) is 4.88. The van der Waals surface area contributed by atoms with Crippen LogP contribution < -0.4 is 0 Å². The summed E-state index contributed by atoms with van der Waals surface area (Å²) >= 11 is 0. The van der Waals surface area contributed by atoms with E-state index in [1.54, 1.807) is 0 Å². The predicted molar refractivity (Wildman–Crippen MR) is 268 cm³/mol. The molecule has 0 aromatic carbocycles. The van der Waals surface area contributed by atoms with Crippen LogP contribution in [0.3, 0.4) is 0 Å². The van der Waals surface area contributed by atoms with Gasteiger partial charge in [-0.2, -0.15) is 0 Å². The first kappa shape index (κ1) is 61.8. The van der Waals surface area contributed by atoms with E-state index >= 15 is 0 Å². The summed E-state index contributed by atoms with van der Waals surface area (Å²) in [7, 11) is 5.96. The van der Waals surface area contributed by atoms with E-state index in [0.717, 1.165) is 57.8 Å². The van der Waals surface area contributed by atoms with Crippen LogP contribution in [0.1, 0.15) is 251 Å². The minimum Gasteiger partial charge on any atom is -0.477 e. The van der Waals surface area contributed by atoms with Crippen LogP contribution in [0.2, 0.25) is 0 Å². The molecule has 0 heterocycles. The number of hydrogen-bond donors (Lipinski definition) is 1. The normalized spacial score (nSPS) is 13.0. The van der Waals surface area contributed by atoms with Gasteiger partial charge < -0.3 is 28.5 Å². The van der Waals surface area contributed by atoms with Crippen molar-refractivity contribution in [2.45, 2.75) is 264 Å². The molecule has 0 amide bonds. The van der Waals surface area contributed by atoms with Crippen LogP contribution in [-0.4, -0.2) is 87.4 Å². The van der Waals surface area contributed by atoms with Crippen molar-refractivity contribution in [2.24, 2.45) is 0 Å². The number of carbonyl (C=O) groups excluding carboxylic acids is 2. The van der Waals surface area contributed by atoms with Crippen molar-refractivity contribution in [1.82, 2.24) is 0 Å². The van der Waals surface area contributed by atoms with Crippen molar-refractivity contribution in [3.63, 3.8) is 0 Å². The fraction of sp³-hybridized carbons (Fsp3) is 0.873. The minimum atomic E-state index is -1.51. The van der Waals surface area contributed by atoms with Gasteiger partial charge in [0.1, 0.15) is 13.2 Å². The van der Waals surface area contributed by atoms with Gasteiger partial charge >= 0.3 is 17.9 Å². The molecular weight excluding hydrogens is 803 g/mol. The second kappa shape index (κ2) is 47.3. The lowest BCUT2D eigenvalue weighted by Gasteiger charge is -2.25. The number of quaternary nitrogens is 1. The van der Waals surface area contributed by atoms with Crippen molar-refractivity contribution in [1.29, 1.82) is 0 Å². The molecule has 64 heavy (non-hydrogen) atoms. The van der Waals surface area contributed by atoms with Gasteiger partial charge in [0.25, 0.3) is 6.29 Å². The topological polar surface area (TPSA) is 108 Å². The number of hydrogen-bond acceptors (Lipinski definition) is 7. The predicted octanol–water partition coefficient (Wildman–Crippen LogP) is 15.2. The van der Waals surface area contributed by atoms with Crippen molar-refractivity contribution in [3.8, 4) is 0 Å². The number of unbranched alkanes of at least 4 members (excludes halogenated alkanes) is 31. The zero-order chi connectivity index (χ0) is 47.0. The smallest absolute Gasteiger partial charge is 0.361 e. The summed E-state index contributed by atoms with van der Waals surface area (Å²) in [5.41, 5.74) is 0. The molecule has 2 unspecified atom stereocenters. The van der Waals surface area contributed by atoms with Gasteiger partial charge in [-0.3, -0.25) is 9.59 Å². The van der Waals surface area contributed by atoms with Gasteiger partial charge in [0, 0.05) is 12.8 Å². The summed E-state index contributed by atoms with van der Waals surface area (Å²) in [5.74, 6) is -2.01. The highest BCUT2D eigenvalue weighted by Crippen LogP contribution is 2.17. The van der Waals surface area contributed by atoms with Gasteiger partial charge in [-0.05, 0) is 44.9 Å². The highest BCUT2D eigenvalue weighted by atomic mass is 16.7. The summed E-state index contributed by atoms with van der Waals surface area (Å²) in [6.07, 6.45) is 51.0. The molecule has 0 aliphatic carbocycles. The van der Waals surface area contributed by atoms with Crippen LogP contribution in [0.5, 0.6) is 0 Å². The highest BCUT2D eigenvalue weighted by molar-refractivity contribution is 5.71. The Hall–Kier alpha value is -2.23. The standard InChI is InChI=1S/C55H103NO8/c1-6-8-10-12-14-16-18-20-22-24-25-26-27-28-29-30-32-33-35-37-39-41-43-45-52(57)62-49-51(50-63-55(54(59)60)61-48-47-56(3,4)5)64-53(58)46-44-42-40-38-36-34-31-23-21-19-17-15-13-11-9-7-2/h17,19,23,31,51,55H,6-16,18,20-22,24-30,32-50H2,1-5H3/p+1/b19-17-,31-23-. The van der Waals surface area contributed by atoms with Crippen LogP contribution in [0.4, 0.5) is 0 Å². The third-order valence-corrected chi connectivity index (χ3v) is 12.0. The second-order valence-corrected chi connectivity index (χ2v) is 19.5. The minimum absolute atomic E-state index is 0.183. The van der Waals surface area contributed by atoms with E-state index < -0.39 is 24.3 Å². The Labute approximate surface area is 395 Å². The van der Waals surface area contributed by atoms with Gasteiger partial charge in [0.05, 0.1) is 34.4 Å². The molecular formula is C55H104NO8+. The molecule has 9 nitrogen and oxygen atoms in total. The summed E-state index contributed by atoms with van der Waals surface area (Å²) in [6, 6.07) is 0. The number of carbonyl (C=O) groups is 3. The molecule has 0 fully saturated rings. The van der Waals surface area contributed by atoms with E-state index in [0.29, 0.717) is 23.9 Å². The van der Waals surface area contributed by atoms with Crippen LogP contribution in [-0.2, 0) is 33.3 Å². The lowest BCUT2D eigenvalue weighted by molar-refractivity contribution is -0.870. The third-order valence-electron chi connectivity index (χ3n) is 12.0. The first-order valence-electron chi connectivity index (χ1n) is 27.0. The zero-order valence-corrected chi connectivity index (χ0v) is 42.7. The molecule has 0 radical (unpaired) electrons. The van der Waals surface area contributed by atoms with Crippen LogP contribution in [0, 0.1) is 0 Å². The summed E-state index contributed by atoms with van der Waals surface area (Å²) in [4.78, 5) is 37.3. The summed E-state index contributed by atoms with van der Waals surface area (Å²) in [5, 5.41) is 9.67. The fourth-order valence-electron chi connectivity index (χ4n) is 7.75. The van der Waals surface area contributed by atoms with Gasteiger partial charge in [-0.1, -0.05) is 218 Å². The molecule has 0 spiro atoms. The molecule has 9 heteroatoms. The first-order chi connectivity index (χ1) is 31.1. The molecule has 0 aliphatic heterocycles. The maximum absolute atomic E-state index is 12.8. The Balaban J connectivity index is 4.25. The van der Waals surface area contributed by atoms with Crippen LogP contribution >= 0.6 is 0 Å². The molecule has 0 aliphatic rings. The number of carboxylic acids is 1. The Kier molecular flexibility index (Phi) is 45.6. The third kappa shape index (κ3) is 47.7. The lowest BCUT2D eigenvalue weighted by atomic mass is 10.0. The SMILES string of the molecule is CCCCCC/C=C\C/C=C\CCCCCCCC(=O)OC(COC(=O)CCCCCCCCCCCCCCCCCCCCCCCCC)COC(OCC[N+](C)(C)C)C(=O)O. The maximum atomic E-state index is 12.8. The number of carboxylic acid groups (broad SMARTS) is 1. The molecule has 0 aromatic rings. The lowest BCUT2D eigenvalue weighted by Crippen LogP contribution is -2.40. The fourth-order valence-corrected chi connectivity index (χ4v) is 7.75. The van der Waals surface area contributed by atoms with Gasteiger partial charge in [0.2, 0.25) is 0 Å². The Morgan fingerprint density at radius 3 is 1.25 bits per heavy atom. The van der Waals surface area contributed by atoms with Crippen molar-refractivity contribution in [3.05, 3.63) is 24.3 Å². The number of likely N-dealkylation sites (N-methyl/N-ethyl adjacent to an activating group) is 1. The number of rotatable bonds is 50. The quantitative estimate of drug-likeness (QED) is 0.0211. The molecule has 0 bridgehead atoms. The monoisotopic (exact) mass is 907 g/mol. The van der Waals surface area contributed by atoms with E-state index in [4.69, 9.17) is 18.9 Å². The van der Waals surface area contributed by atoms with Crippen LogP contribution in [0.15, 0.2) is 24.3 Å². The van der Waals surface area contributed by atoms with Crippen molar-refractivity contribution < 1.29 is 42.9 Å². The van der Waals surface area contributed by atoms with Crippen molar-refractivity contribution in [2.75, 3.05) is 47.5 Å². The first-order valence-corrected chi connectivity index (χ1v) is 27.0. The highest BCUT2D eigenvalue weighted by Gasteiger charge is 2.25. The molecule has 0 aromatic heterocycles. The Bertz CT molecular complexity index is 1100. The molecule has 1 N–H and O–H groups in total. The zero-order valence-electron chi connectivity index (χ0n) is 42.7. The molecule has 0 saturated heterocycles. The number of esters is 2. The second-order valence-electron chi connectivity index (χ2n) is 19.5.